The van der Waals surface area contributed by atoms with Gasteiger partial charge in [-0.25, -0.2) is 0 Å². The van der Waals surface area contributed by atoms with Gasteiger partial charge in [0.15, 0.2) is 0 Å². The number of halogens is 1. The first kappa shape index (κ1) is 12.6. The Balaban J connectivity index is 1.93. The Kier molecular flexibility index (Phi) is 4.18. The molecule has 1 N–H and O–H groups in total. The fraction of sp³-hybridized carbons (Fsp3) is 0.462. The summed E-state index contributed by atoms with van der Waals surface area (Å²) in [4.78, 5) is 13.9. The van der Waals surface area contributed by atoms with Gasteiger partial charge in [-0.3, -0.25) is 4.79 Å². The fourth-order valence-electron chi connectivity index (χ4n) is 2.08. The first-order valence-electron chi connectivity index (χ1n) is 5.87. The Morgan fingerprint density at radius 1 is 1.47 bits per heavy atom. The number of benzene rings is 1. The standard InChI is InChI=1S/C13H17BrN2O/c1-16(12-6-7-15-9-12)13(17)8-10-2-4-11(14)5-3-10/h2-5,12,15H,6-9H2,1H3. The lowest BCUT2D eigenvalue weighted by Crippen LogP contribution is -2.39. The van der Waals surface area contributed by atoms with Crippen LogP contribution >= 0.6 is 15.9 Å². The minimum Gasteiger partial charge on any atom is -0.341 e. The van der Waals surface area contributed by atoms with Crippen LogP contribution in [0.2, 0.25) is 0 Å². The topological polar surface area (TPSA) is 32.3 Å². The van der Waals surface area contributed by atoms with Crippen molar-refractivity contribution in [1.82, 2.24) is 10.2 Å². The first-order chi connectivity index (χ1) is 8.16. The molecule has 1 aliphatic heterocycles. The van der Waals surface area contributed by atoms with Crippen LogP contribution in [-0.4, -0.2) is 37.0 Å². The van der Waals surface area contributed by atoms with Gasteiger partial charge in [0.2, 0.25) is 5.91 Å². The highest BCUT2D eigenvalue weighted by Gasteiger charge is 2.22. The molecule has 1 aromatic rings. The largest absolute Gasteiger partial charge is 0.341 e. The molecule has 1 saturated heterocycles. The minimum absolute atomic E-state index is 0.195. The van der Waals surface area contributed by atoms with E-state index in [9.17, 15) is 4.79 Å². The lowest BCUT2D eigenvalue weighted by Gasteiger charge is -2.23. The van der Waals surface area contributed by atoms with Gasteiger partial charge >= 0.3 is 0 Å². The molecule has 1 heterocycles. The summed E-state index contributed by atoms with van der Waals surface area (Å²) in [6, 6.07) is 8.28. The molecule has 0 aliphatic carbocycles. The van der Waals surface area contributed by atoms with E-state index in [0.717, 1.165) is 29.5 Å². The van der Waals surface area contributed by atoms with Gasteiger partial charge in [0, 0.05) is 24.1 Å². The van der Waals surface area contributed by atoms with Gasteiger partial charge in [0.05, 0.1) is 6.42 Å². The summed E-state index contributed by atoms with van der Waals surface area (Å²) in [6.45, 7) is 1.93. The molecule has 4 heteroatoms. The minimum atomic E-state index is 0.195. The lowest BCUT2D eigenvalue weighted by atomic mass is 10.1. The van der Waals surface area contributed by atoms with Crippen molar-refractivity contribution in [3.63, 3.8) is 0 Å². The number of amides is 1. The first-order valence-corrected chi connectivity index (χ1v) is 6.67. The maximum atomic E-state index is 12.1. The molecule has 0 saturated carbocycles. The fourth-order valence-corrected chi connectivity index (χ4v) is 2.34. The summed E-state index contributed by atoms with van der Waals surface area (Å²) in [5.41, 5.74) is 1.07. The van der Waals surface area contributed by atoms with Crippen molar-refractivity contribution in [2.24, 2.45) is 0 Å². The van der Waals surface area contributed by atoms with E-state index in [0.29, 0.717) is 12.5 Å². The SMILES string of the molecule is CN(C(=O)Cc1ccc(Br)cc1)C1CCNC1. The maximum Gasteiger partial charge on any atom is 0.227 e. The Morgan fingerprint density at radius 3 is 2.76 bits per heavy atom. The van der Waals surface area contributed by atoms with Gasteiger partial charge in [-0.15, -0.1) is 0 Å². The molecular formula is C13H17BrN2O. The molecule has 0 aromatic heterocycles. The number of rotatable bonds is 3. The number of carbonyl (C=O) groups is 1. The van der Waals surface area contributed by atoms with Crippen LogP contribution in [0.5, 0.6) is 0 Å². The third-order valence-electron chi connectivity index (χ3n) is 3.24. The van der Waals surface area contributed by atoms with Crippen molar-refractivity contribution < 1.29 is 4.79 Å². The van der Waals surface area contributed by atoms with Gasteiger partial charge < -0.3 is 10.2 Å². The molecule has 2 rings (SSSR count). The van der Waals surface area contributed by atoms with Crippen LogP contribution in [0.4, 0.5) is 0 Å². The maximum absolute atomic E-state index is 12.1. The molecule has 0 radical (unpaired) electrons. The van der Waals surface area contributed by atoms with E-state index in [1.165, 1.54) is 0 Å². The van der Waals surface area contributed by atoms with Crippen LogP contribution in [0, 0.1) is 0 Å². The molecule has 0 bridgehead atoms. The van der Waals surface area contributed by atoms with E-state index in [4.69, 9.17) is 0 Å². The molecule has 1 fully saturated rings. The molecule has 3 nitrogen and oxygen atoms in total. The van der Waals surface area contributed by atoms with Gasteiger partial charge in [-0.2, -0.15) is 0 Å². The van der Waals surface area contributed by atoms with E-state index in [1.807, 2.05) is 36.2 Å². The third-order valence-corrected chi connectivity index (χ3v) is 3.77. The van der Waals surface area contributed by atoms with Crippen LogP contribution in [0.1, 0.15) is 12.0 Å². The predicted octanol–water partition coefficient (Wildman–Crippen LogP) is 1.81. The molecule has 1 aliphatic rings. The number of hydrogen-bond donors (Lipinski definition) is 1. The Bertz CT molecular complexity index is 385. The van der Waals surface area contributed by atoms with Crippen molar-refractivity contribution in [1.29, 1.82) is 0 Å². The number of likely N-dealkylation sites (N-methyl/N-ethyl adjacent to an activating group) is 1. The molecule has 17 heavy (non-hydrogen) atoms. The second-order valence-electron chi connectivity index (χ2n) is 4.45. The van der Waals surface area contributed by atoms with E-state index in [-0.39, 0.29) is 5.91 Å². The molecular weight excluding hydrogens is 280 g/mol. The second-order valence-corrected chi connectivity index (χ2v) is 5.37. The zero-order valence-corrected chi connectivity index (χ0v) is 11.5. The van der Waals surface area contributed by atoms with Crippen molar-refractivity contribution in [2.75, 3.05) is 20.1 Å². The summed E-state index contributed by atoms with van der Waals surface area (Å²) in [5.74, 6) is 0.195. The quantitative estimate of drug-likeness (QED) is 0.923. The zero-order valence-electron chi connectivity index (χ0n) is 9.95. The van der Waals surface area contributed by atoms with E-state index < -0.39 is 0 Å². The Labute approximate surface area is 110 Å². The van der Waals surface area contributed by atoms with Gasteiger partial charge in [0.1, 0.15) is 0 Å². The van der Waals surface area contributed by atoms with Crippen molar-refractivity contribution in [3.8, 4) is 0 Å². The van der Waals surface area contributed by atoms with E-state index in [2.05, 4.69) is 21.2 Å². The molecule has 92 valence electrons. The normalized spacial score (nSPS) is 19.3. The summed E-state index contributed by atoms with van der Waals surface area (Å²) >= 11 is 3.39. The predicted molar refractivity (Wildman–Crippen MR) is 71.9 cm³/mol. The highest BCUT2D eigenvalue weighted by molar-refractivity contribution is 9.10. The van der Waals surface area contributed by atoms with Crippen LogP contribution < -0.4 is 5.32 Å². The van der Waals surface area contributed by atoms with Gasteiger partial charge in [0.25, 0.3) is 0 Å². The van der Waals surface area contributed by atoms with Crippen molar-refractivity contribution in [2.45, 2.75) is 18.9 Å². The number of hydrogen-bond acceptors (Lipinski definition) is 2. The van der Waals surface area contributed by atoms with Gasteiger partial charge in [-0.05, 0) is 30.7 Å². The monoisotopic (exact) mass is 296 g/mol. The van der Waals surface area contributed by atoms with Crippen LogP contribution in [-0.2, 0) is 11.2 Å². The lowest BCUT2D eigenvalue weighted by molar-refractivity contribution is -0.130. The van der Waals surface area contributed by atoms with Crippen LogP contribution in [0.3, 0.4) is 0 Å². The molecule has 1 aromatic carbocycles. The Morgan fingerprint density at radius 2 is 2.18 bits per heavy atom. The highest BCUT2D eigenvalue weighted by Crippen LogP contribution is 2.13. The van der Waals surface area contributed by atoms with Crippen LogP contribution in [0.25, 0.3) is 0 Å². The number of nitrogens with zero attached hydrogens (tertiary/aromatic N) is 1. The van der Waals surface area contributed by atoms with E-state index >= 15 is 0 Å². The van der Waals surface area contributed by atoms with Crippen molar-refractivity contribution >= 4 is 21.8 Å². The third kappa shape index (κ3) is 3.30. The smallest absolute Gasteiger partial charge is 0.227 e. The average molecular weight is 297 g/mol. The number of carbonyl (C=O) groups excluding carboxylic acids is 1. The molecule has 1 amide bonds. The summed E-state index contributed by atoms with van der Waals surface area (Å²) in [5, 5.41) is 3.28. The zero-order chi connectivity index (χ0) is 12.3. The molecule has 1 atom stereocenters. The second kappa shape index (κ2) is 5.65. The summed E-state index contributed by atoms with van der Waals surface area (Å²) < 4.78 is 1.04. The Hall–Kier alpha value is -0.870. The highest BCUT2D eigenvalue weighted by atomic mass is 79.9. The summed E-state index contributed by atoms with van der Waals surface area (Å²) in [6.07, 6.45) is 1.54. The van der Waals surface area contributed by atoms with Crippen molar-refractivity contribution in [3.05, 3.63) is 34.3 Å². The molecule has 0 spiro atoms. The summed E-state index contributed by atoms with van der Waals surface area (Å²) in [7, 11) is 1.90. The van der Waals surface area contributed by atoms with Crippen LogP contribution in [0.15, 0.2) is 28.7 Å². The average Bonchev–Trinajstić information content (AvgIpc) is 2.84. The van der Waals surface area contributed by atoms with Gasteiger partial charge in [-0.1, -0.05) is 28.1 Å². The van der Waals surface area contributed by atoms with E-state index in [1.54, 1.807) is 0 Å². The number of nitrogens with one attached hydrogen (secondary N) is 1. The molecule has 1 unspecified atom stereocenters.